The van der Waals surface area contributed by atoms with E-state index >= 15 is 0 Å². The average molecular weight is 556 g/mol. The van der Waals surface area contributed by atoms with E-state index in [2.05, 4.69) is 15.1 Å². The van der Waals surface area contributed by atoms with Gasteiger partial charge in [-0.1, -0.05) is 47.0 Å². The first-order valence-electron chi connectivity index (χ1n) is 12.4. The molecule has 0 N–H and O–H groups in total. The van der Waals surface area contributed by atoms with Crippen molar-refractivity contribution in [3.05, 3.63) is 65.2 Å². The molecule has 3 heterocycles. The smallest absolute Gasteiger partial charge is 0.338 e. The third-order valence-electron chi connectivity index (χ3n) is 6.72. The van der Waals surface area contributed by atoms with Gasteiger partial charge in [0.2, 0.25) is 0 Å². The van der Waals surface area contributed by atoms with Gasteiger partial charge in [0.15, 0.2) is 8.68 Å². The van der Waals surface area contributed by atoms with Gasteiger partial charge in [-0.3, -0.25) is 4.79 Å². The van der Waals surface area contributed by atoms with Crippen LogP contribution >= 0.6 is 34.9 Å². The highest BCUT2D eigenvalue weighted by Gasteiger charge is 2.44. The van der Waals surface area contributed by atoms with Gasteiger partial charge in [0.1, 0.15) is 11.9 Å². The van der Waals surface area contributed by atoms with Crippen LogP contribution in [0.5, 0.6) is 5.75 Å². The number of amides is 1. The highest BCUT2D eigenvalue weighted by atomic mass is 32.2. The Morgan fingerprint density at radius 2 is 1.62 bits per heavy atom. The van der Waals surface area contributed by atoms with Crippen LogP contribution in [0.2, 0.25) is 0 Å². The van der Waals surface area contributed by atoms with Crippen molar-refractivity contribution >= 4 is 46.7 Å². The summed E-state index contributed by atoms with van der Waals surface area (Å²) in [4.78, 5) is 27.4. The van der Waals surface area contributed by atoms with E-state index in [0.717, 1.165) is 57.0 Å². The summed E-state index contributed by atoms with van der Waals surface area (Å²) in [5.74, 6) is 1.32. The van der Waals surface area contributed by atoms with E-state index in [-0.39, 0.29) is 30.1 Å². The molecule has 5 rings (SSSR count). The maximum atomic E-state index is 13.4. The topological polar surface area (TPSA) is 81.6 Å². The first kappa shape index (κ1) is 26.1. The molecule has 1 aromatic heterocycles. The first-order valence-corrected chi connectivity index (χ1v) is 15.4. The van der Waals surface area contributed by atoms with Crippen molar-refractivity contribution in [2.45, 2.75) is 65.2 Å². The van der Waals surface area contributed by atoms with Gasteiger partial charge in [-0.15, -0.1) is 10.2 Å². The lowest BCUT2D eigenvalue weighted by Crippen LogP contribution is -2.49. The van der Waals surface area contributed by atoms with Crippen LogP contribution in [0.3, 0.4) is 0 Å². The summed E-state index contributed by atoms with van der Waals surface area (Å²) in [7, 11) is 0. The zero-order valence-electron chi connectivity index (χ0n) is 20.8. The number of aromatic nitrogens is 2. The summed E-state index contributed by atoms with van der Waals surface area (Å²) < 4.78 is 13.2. The van der Waals surface area contributed by atoms with Crippen LogP contribution in [0, 0.1) is 0 Å². The second kappa shape index (κ2) is 11.9. The lowest BCUT2D eigenvalue weighted by Gasteiger charge is -2.39. The fraction of sp³-hybridized carbons (Fsp3) is 0.407. The summed E-state index contributed by atoms with van der Waals surface area (Å²) in [5.41, 5.74) is 2.41. The Hall–Kier alpha value is -2.56. The van der Waals surface area contributed by atoms with E-state index in [0.29, 0.717) is 12.2 Å². The molecule has 2 aliphatic heterocycles. The van der Waals surface area contributed by atoms with Gasteiger partial charge in [0.25, 0.3) is 5.91 Å². The molecule has 2 fully saturated rings. The molecule has 2 bridgehead atoms. The van der Waals surface area contributed by atoms with Gasteiger partial charge in [0, 0.05) is 36.2 Å². The standard InChI is InChI=1S/C27H29N3O4S3/c1-3-33-25(32)19-8-12-22(13-9-19)34-23-14-20-10-11-21(15-23)30(20)24(31)18-6-4-17(5-7-18)16-36-27-29-28-26(35-2)37-27/h4-9,12-13,20-21,23H,3,10-11,14-16H2,1-2H3. The molecular formula is C27H29N3O4S3. The molecule has 0 saturated carbocycles. The van der Waals surface area contributed by atoms with Crippen LogP contribution in [0.4, 0.5) is 0 Å². The zero-order chi connectivity index (χ0) is 25.8. The second-order valence-corrected chi connectivity index (χ2v) is 12.3. The number of fused-ring (bicyclic) bond motifs is 2. The highest BCUT2D eigenvalue weighted by molar-refractivity contribution is 8.02. The third-order valence-corrected chi connectivity index (χ3v) is 9.82. The SMILES string of the molecule is CCOC(=O)c1ccc(OC2CC3CCC(C2)N3C(=O)c2ccc(CSc3nnc(SC)s3)cc2)cc1. The van der Waals surface area contributed by atoms with E-state index in [1.807, 2.05) is 42.7 Å². The quantitative estimate of drug-likeness (QED) is 0.237. The molecule has 194 valence electrons. The number of esters is 1. The molecule has 2 saturated heterocycles. The summed E-state index contributed by atoms with van der Waals surface area (Å²) in [5, 5.41) is 8.34. The average Bonchev–Trinajstić information content (AvgIpc) is 3.49. The van der Waals surface area contributed by atoms with Crippen LogP contribution in [0.25, 0.3) is 0 Å². The fourth-order valence-electron chi connectivity index (χ4n) is 5.01. The summed E-state index contributed by atoms with van der Waals surface area (Å²) >= 11 is 4.88. The minimum Gasteiger partial charge on any atom is -0.490 e. The van der Waals surface area contributed by atoms with E-state index < -0.39 is 0 Å². The molecule has 2 atom stereocenters. The van der Waals surface area contributed by atoms with E-state index in [1.165, 1.54) is 0 Å². The summed E-state index contributed by atoms with van der Waals surface area (Å²) in [6, 6.07) is 15.4. The van der Waals surface area contributed by atoms with E-state index in [4.69, 9.17) is 9.47 Å². The highest BCUT2D eigenvalue weighted by Crippen LogP contribution is 2.38. The maximum absolute atomic E-state index is 13.4. The minimum atomic E-state index is -0.327. The molecule has 3 aromatic rings. The van der Waals surface area contributed by atoms with Crippen molar-refractivity contribution in [2.75, 3.05) is 12.9 Å². The molecule has 1 amide bonds. The lowest BCUT2D eigenvalue weighted by molar-refractivity contribution is 0.0359. The van der Waals surface area contributed by atoms with Gasteiger partial charge in [0.05, 0.1) is 12.2 Å². The van der Waals surface area contributed by atoms with Crippen LogP contribution in [-0.2, 0) is 10.5 Å². The first-order chi connectivity index (χ1) is 18.0. The van der Waals surface area contributed by atoms with Crippen molar-refractivity contribution < 1.29 is 19.1 Å². The Kier molecular flexibility index (Phi) is 8.36. The number of hydrogen-bond acceptors (Lipinski definition) is 9. The Morgan fingerprint density at radius 3 is 2.24 bits per heavy atom. The van der Waals surface area contributed by atoms with Gasteiger partial charge in [-0.2, -0.15) is 0 Å². The molecule has 2 aromatic carbocycles. The largest absolute Gasteiger partial charge is 0.490 e. The lowest BCUT2D eigenvalue weighted by atomic mass is 9.98. The van der Waals surface area contributed by atoms with Gasteiger partial charge >= 0.3 is 5.97 Å². The molecule has 10 heteroatoms. The van der Waals surface area contributed by atoms with Crippen molar-refractivity contribution in [2.24, 2.45) is 0 Å². The normalized spacial score (nSPS) is 20.6. The third kappa shape index (κ3) is 6.13. The number of thioether (sulfide) groups is 2. The van der Waals surface area contributed by atoms with Crippen molar-refractivity contribution in [1.29, 1.82) is 0 Å². The number of carbonyl (C=O) groups excluding carboxylic acids is 2. The second-order valence-electron chi connectivity index (χ2n) is 9.08. The van der Waals surface area contributed by atoms with Gasteiger partial charge < -0.3 is 14.4 Å². The van der Waals surface area contributed by atoms with Gasteiger partial charge in [-0.25, -0.2) is 4.79 Å². The molecule has 37 heavy (non-hydrogen) atoms. The monoisotopic (exact) mass is 555 g/mol. The molecule has 0 aliphatic carbocycles. The number of ether oxygens (including phenoxy) is 2. The van der Waals surface area contributed by atoms with Crippen LogP contribution in [0.15, 0.2) is 57.2 Å². The Labute approximate surface area is 229 Å². The van der Waals surface area contributed by atoms with Gasteiger partial charge in [-0.05, 0) is 68.0 Å². The molecule has 0 radical (unpaired) electrons. The van der Waals surface area contributed by atoms with Crippen LogP contribution < -0.4 is 4.74 Å². The number of hydrogen-bond donors (Lipinski definition) is 0. The number of benzene rings is 2. The van der Waals surface area contributed by atoms with E-state index in [1.54, 1.807) is 53.9 Å². The minimum absolute atomic E-state index is 0.0568. The predicted molar refractivity (Wildman–Crippen MR) is 147 cm³/mol. The Balaban J connectivity index is 1.16. The molecular weight excluding hydrogens is 527 g/mol. The van der Waals surface area contributed by atoms with Crippen LogP contribution in [-0.4, -0.2) is 58.0 Å². The zero-order valence-corrected chi connectivity index (χ0v) is 23.2. The number of rotatable bonds is 9. The maximum Gasteiger partial charge on any atom is 0.338 e. The molecule has 2 aliphatic rings. The molecule has 7 nitrogen and oxygen atoms in total. The van der Waals surface area contributed by atoms with Crippen molar-refractivity contribution in [3.8, 4) is 5.75 Å². The van der Waals surface area contributed by atoms with E-state index in [9.17, 15) is 9.59 Å². The molecule has 0 spiro atoms. The van der Waals surface area contributed by atoms with Crippen LogP contribution in [0.1, 0.15) is 58.9 Å². The van der Waals surface area contributed by atoms with Crippen molar-refractivity contribution in [1.82, 2.24) is 15.1 Å². The summed E-state index contributed by atoms with van der Waals surface area (Å²) in [6.07, 6.45) is 5.70. The molecule has 2 unspecified atom stereocenters. The fourth-order valence-corrected chi connectivity index (χ4v) is 7.40. The number of piperidine rings is 1. The Morgan fingerprint density at radius 1 is 0.973 bits per heavy atom. The Bertz CT molecular complexity index is 1220. The predicted octanol–water partition coefficient (Wildman–Crippen LogP) is 5.94. The number of nitrogens with zero attached hydrogens (tertiary/aromatic N) is 3. The number of carbonyl (C=O) groups is 2. The van der Waals surface area contributed by atoms with Crippen molar-refractivity contribution in [3.63, 3.8) is 0 Å². The summed E-state index contributed by atoms with van der Waals surface area (Å²) in [6.45, 7) is 2.14.